The SMILES string of the molecule is O=C(CSc1nnc(Cn2ccc(=O)[nH]c2=O)o1)NNC(=O)c1ccccc1. The molecule has 0 atom stereocenters. The predicted octanol–water partition coefficient (Wildman–Crippen LogP) is -0.479. The number of nitrogens with zero attached hydrogens (tertiary/aromatic N) is 3. The Hall–Kier alpha value is -3.67. The van der Waals surface area contributed by atoms with Gasteiger partial charge in [0, 0.05) is 17.8 Å². The first kappa shape index (κ1) is 19.1. The first-order valence-corrected chi connectivity index (χ1v) is 8.89. The molecule has 0 aliphatic rings. The first-order chi connectivity index (χ1) is 13.5. The van der Waals surface area contributed by atoms with Gasteiger partial charge in [-0.15, -0.1) is 10.2 Å². The van der Waals surface area contributed by atoms with Crippen LogP contribution in [0, 0.1) is 0 Å². The van der Waals surface area contributed by atoms with E-state index < -0.39 is 23.1 Å². The van der Waals surface area contributed by atoms with E-state index in [-0.39, 0.29) is 23.4 Å². The Morgan fingerprint density at radius 2 is 1.89 bits per heavy atom. The van der Waals surface area contributed by atoms with Gasteiger partial charge in [-0.3, -0.25) is 34.8 Å². The van der Waals surface area contributed by atoms with Crippen molar-refractivity contribution in [3.63, 3.8) is 0 Å². The molecule has 3 rings (SSSR count). The Morgan fingerprint density at radius 1 is 1.11 bits per heavy atom. The summed E-state index contributed by atoms with van der Waals surface area (Å²) < 4.78 is 6.53. The zero-order chi connectivity index (χ0) is 19.9. The maximum absolute atomic E-state index is 11.8. The molecule has 28 heavy (non-hydrogen) atoms. The Labute approximate surface area is 161 Å². The number of aromatic nitrogens is 4. The molecule has 0 fully saturated rings. The standard InChI is InChI=1S/C16H14N6O5S/c23-11-6-7-22(15(26)17-11)8-13-19-21-16(27-13)28-9-12(24)18-20-14(25)10-4-2-1-3-5-10/h1-7H,8-9H2,(H,18,24)(H,20,25)(H,17,23,26). The summed E-state index contributed by atoms with van der Waals surface area (Å²) in [6.07, 6.45) is 1.31. The summed E-state index contributed by atoms with van der Waals surface area (Å²) in [4.78, 5) is 48.4. The summed E-state index contributed by atoms with van der Waals surface area (Å²) in [5, 5.41) is 7.66. The van der Waals surface area contributed by atoms with Crippen molar-refractivity contribution in [2.45, 2.75) is 11.8 Å². The molecule has 3 N–H and O–H groups in total. The molecule has 1 aromatic carbocycles. The van der Waals surface area contributed by atoms with Crippen LogP contribution in [-0.2, 0) is 11.3 Å². The fourth-order valence-electron chi connectivity index (χ4n) is 2.03. The fourth-order valence-corrected chi connectivity index (χ4v) is 2.61. The third-order valence-electron chi connectivity index (χ3n) is 3.33. The van der Waals surface area contributed by atoms with Crippen molar-refractivity contribution in [1.29, 1.82) is 0 Å². The van der Waals surface area contributed by atoms with Crippen LogP contribution < -0.4 is 22.1 Å². The second-order valence-corrected chi connectivity index (χ2v) is 6.28. The summed E-state index contributed by atoms with van der Waals surface area (Å²) in [6, 6.07) is 9.62. The van der Waals surface area contributed by atoms with Crippen molar-refractivity contribution < 1.29 is 14.0 Å². The lowest BCUT2D eigenvalue weighted by Gasteiger charge is -2.06. The third kappa shape index (κ3) is 5.17. The van der Waals surface area contributed by atoms with Crippen LogP contribution in [0.15, 0.2) is 61.8 Å². The smallest absolute Gasteiger partial charge is 0.328 e. The second-order valence-electron chi connectivity index (χ2n) is 5.36. The zero-order valence-corrected chi connectivity index (χ0v) is 15.1. The van der Waals surface area contributed by atoms with E-state index in [4.69, 9.17) is 4.42 Å². The number of hydrogen-bond donors (Lipinski definition) is 3. The predicted molar refractivity (Wildman–Crippen MR) is 97.5 cm³/mol. The van der Waals surface area contributed by atoms with Crippen LogP contribution in [0.4, 0.5) is 0 Å². The van der Waals surface area contributed by atoms with Crippen LogP contribution in [0.3, 0.4) is 0 Å². The van der Waals surface area contributed by atoms with Gasteiger partial charge < -0.3 is 4.42 Å². The molecular weight excluding hydrogens is 388 g/mol. The van der Waals surface area contributed by atoms with E-state index in [0.29, 0.717) is 5.56 Å². The van der Waals surface area contributed by atoms with Crippen molar-refractivity contribution in [2.75, 3.05) is 5.75 Å². The minimum atomic E-state index is -0.603. The lowest BCUT2D eigenvalue weighted by Crippen LogP contribution is -2.42. The van der Waals surface area contributed by atoms with Crippen LogP contribution in [0.5, 0.6) is 0 Å². The molecule has 12 heteroatoms. The van der Waals surface area contributed by atoms with Gasteiger partial charge in [0.1, 0.15) is 6.54 Å². The van der Waals surface area contributed by atoms with Gasteiger partial charge in [0.15, 0.2) is 0 Å². The van der Waals surface area contributed by atoms with Gasteiger partial charge in [-0.05, 0) is 12.1 Å². The Morgan fingerprint density at radius 3 is 2.64 bits per heavy atom. The summed E-state index contributed by atoms with van der Waals surface area (Å²) in [7, 11) is 0. The van der Waals surface area contributed by atoms with Crippen LogP contribution in [-0.4, -0.2) is 37.3 Å². The number of benzene rings is 1. The summed E-state index contributed by atoms with van der Waals surface area (Å²) >= 11 is 0.965. The van der Waals surface area contributed by atoms with Gasteiger partial charge >= 0.3 is 5.69 Å². The number of amides is 2. The van der Waals surface area contributed by atoms with Crippen molar-refractivity contribution >= 4 is 23.6 Å². The molecule has 2 aromatic heterocycles. The molecule has 0 aliphatic carbocycles. The van der Waals surface area contributed by atoms with Crippen LogP contribution in [0.25, 0.3) is 0 Å². The molecule has 2 amide bonds. The zero-order valence-electron chi connectivity index (χ0n) is 14.2. The lowest BCUT2D eigenvalue weighted by molar-refractivity contribution is -0.119. The minimum Gasteiger partial charge on any atom is -0.414 e. The molecule has 3 aromatic rings. The summed E-state index contributed by atoms with van der Waals surface area (Å²) in [5.41, 5.74) is 3.88. The van der Waals surface area contributed by atoms with E-state index in [1.807, 2.05) is 0 Å². The van der Waals surface area contributed by atoms with Crippen molar-refractivity contribution in [3.05, 3.63) is 74.9 Å². The number of aromatic amines is 1. The number of hydrogen-bond acceptors (Lipinski definition) is 8. The second kappa shape index (κ2) is 8.81. The molecule has 0 unspecified atom stereocenters. The fraction of sp³-hybridized carbons (Fsp3) is 0.125. The number of carbonyl (C=O) groups excluding carboxylic acids is 2. The molecule has 144 valence electrons. The average molecular weight is 402 g/mol. The summed E-state index contributed by atoms with van der Waals surface area (Å²) in [5.74, 6) is -0.847. The van der Waals surface area contributed by atoms with Gasteiger partial charge in [0.05, 0.1) is 5.75 Å². The average Bonchev–Trinajstić information content (AvgIpc) is 3.15. The molecule has 0 saturated carbocycles. The van der Waals surface area contributed by atoms with Crippen molar-refractivity contribution in [3.8, 4) is 0 Å². The van der Waals surface area contributed by atoms with Gasteiger partial charge in [0.2, 0.25) is 11.8 Å². The molecule has 0 aliphatic heterocycles. The summed E-state index contributed by atoms with van der Waals surface area (Å²) in [6.45, 7) is -0.0253. The van der Waals surface area contributed by atoms with Crippen LogP contribution in [0.2, 0.25) is 0 Å². The normalized spacial score (nSPS) is 10.4. The largest absolute Gasteiger partial charge is 0.414 e. The van der Waals surface area contributed by atoms with E-state index >= 15 is 0 Å². The number of rotatable bonds is 6. The van der Waals surface area contributed by atoms with Gasteiger partial charge in [-0.25, -0.2) is 4.79 Å². The van der Waals surface area contributed by atoms with Crippen LogP contribution in [0.1, 0.15) is 16.2 Å². The molecular formula is C16H14N6O5S. The highest BCUT2D eigenvalue weighted by atomic mass is 32.2. The molecule has 2 heterocycles. The first-order valence-electron chi connectivity index (χ1n) is 7.90. The lowest BCUT2D eigenvalue weighted by atomic mass is 10.2. The number of carbonyl (C=O) groups is 2. The van der Waals surface area contributed by atoms with E-state index in [2.05, 4.69) is 26.0 Å². The quantitative estimate of drug-likeness (QED) is 0.369. The van der Waals surface area contributed by atoms with Crippen LogP contribution >= 0.6 is 11.8 Å². The Balaban J connectivity index is 1.47. The molecule has 11 nitrogen and oxygen atoms in total. The number of nitrogens with one attached hydrogen (secondary N) is 3. The minimum absolute atomic E-state index is 0.0253. The highest BCUT2D eigenvalue weighted by Crippen LogP contribution is 2.15. The molecule has 0 bridgehead atoms. The maximum atomic E-state index is 11.8. The third-order valence-corrected chi connectivity index (χ3v) is 4.15. The molecule has 0 radical (unpaired) electrons. The van der Waals surface area contributed by atoms with E-state index in [1.165, 1.54) is 16.8 Å². The van der Waals surface area contributed by atoms with Crippen molar-refractivity contribution in [2.24, 2.45) is 0 Å². The Kier molecular flexibility index (Phi) is 6.01. The molecule has 0 spiro atoms. The Bertz CT molecular complexity index is 1090. The van der Waals surface area contributed by atoms with Crippen molar-refractivity contribution in [1.82, 2.24) is 30.6 Å². The molecule has 0 saturated heterocycles. The monoisotopic (exact) mass is 402 g/mol. The van der Waals surface area contributed by atoms with E-state index in [0.717, 1.165) is 11.8 Å². The highest BCUT2D eigenvalue weighted by molar-refractivity contribution is 7.99. The topological polar surface area (TPSA) is 152 Å². The highest BCUT2D eigenvalue weighted by Gasteiger charge is 2.12. The maximum Gasteiger partial charge on any atom is 0.328 e. The van der Waals surface area contributed by atoms with Gasteiger partial charge in [0.25, 0.3) is 16.7 Å². The van der Waals surface area contributed by atoms with E-state index in [9.17, 15) is 19.2 Å². The van der Waals surface area contributed by atoms with E-state index in [1.54, 1.807) is 30.3 Å². The number of hydrazine groups is 1. The van der Waals surface area contributed by atoms with Gasteiger partial charge in [-0.2, -0.15) is 0 Å². The number of H-pyrrole nitrogens is 1. The number of thioether (sulfide) groups is 1. The van der Waals surface area contributed by atoms with Gasteiger partial charge in [-0.1, -0.05) is 30.0 Å².